The lowest BCUT2D eigenvalue weighted by Gasteiger charge is -2.26. The van der Waals surface area contributed by atoms with E-state index in [9.17, 15) is 9.59 Å². The van der Waals surface area contributed by atoms with Gasteiger partial charge in [-0.1, -0.05) is 55.3 Å². The van der Waals surface area contributed by atoms with E-state index >= 15 is 0 Å². The number of benzene rings is 3. The number of hydrogen-bond acceptors (Lipinski definition) is 3. The molecule has 3 aromatic carbocycles. The third-order valence-electron chi connectivity index (χ3n) is 6.14. The second-order valence-corrected chi connectivity index (χ2v) is 9.42. The topological polar surface area (TPSA) is 61.9 Å². The Bertz CT molecular complexity index is 1190. The molecule has 35 heavy (non-hydrogen) atoms. The fourth-order valence-corrected chi connectivity index (χ4v) is 4.07. The summed E-state index contributed by atoms with van der Waals surface area (Å²) in [6, 6.07) is 21.6. The highest BCUT2D eigenvalue weighted by Gasteiger charge is 2.23. The fraction of sp³-hybridized carbons (Fsp3) is 0.310. The van der Waals surface area contributed by atoms with Gasteiger partial charge in [-0.05, 0) is 55.8 Å². The van der Waals surface area contributed by atoms with Crippen LogP contribution in [-0.4, -0.2) is 30.0 Å². The van der Waals surface area contributed by atoms with E-state index in [0.29, 0.717) is 26.2 Å². The summed E-state index contributed by atoms with van der Waals surface area (Å²) in [5.41, 5.74) is 5.85. The number of hydrogen-bond donors (Lipinski definition) is 1. The monoisotopic (exact) mass is 471 g/mol. The molecule has 0 bridgehead atoms. The van der Waals surface area contributed by atoms with Crippen LogP contribution in [0.25, 0.3) is 0 Å². The van der Waals surface area contributed by atoms with Gasteiger partial charge in [0.25, 0.3) is 0 Å². The van der Waals surface area contributed by atoms with Crippen molar-refractivity contribution in [2.24, 2.45) is 5.92 Å². The first-order valence-electron chi connectivity index (χ1n) is 12.1. The molecule has 0 unspecified atom stereocenters. The van der Waals surface area contributed by atoms with E-state index < -0.39 is 0 Å². The Morgan fingerprint density at radius 1 is 0.971 bits per heavy atom. The van der Waals surface area contributed by atoms with Crippen LogP contribution >= 0.6 is 0 Å². The summed E-state index contributed by atoms with van der Waals surface area (Å²) >= 11 is 0. The van der Waals surface area contributed by atoms with E-state index in [-0.39, 0.29) is 17.9 Å². The molecule has 4 rings (SSSR count). The van der Waals surface area contributed by atoms with Crippen LogP contribution in [0.15, 0.2) is 66.7 Å². The zero-order chi connectivity index (χ0) is 24.9. The summed E-state index contributed by atoms with van der Waals surface area (Å²) in [6.07, 6.45) is 0. The Hall–Kier alpha value is -3.80. The number of amides is 3. The second-order valence-electron chi connectivity index (χ2n) is 9.42. The van der Waals surface area contributed by atoms with Gasteiger partial charge in [0.15, 0.2) is 0 Å². The largest absolute Gasteiger partial charge is 0.491 e. The van der Waals surface area contributed by atoms with Gasteiger partial charge in [-0.2, -0.15) is 0 Å². The van der Waals surface area contributed by atoms with Crippen molar-refractivity contribution in [2.75, 3.05) is 23.4 Å². The minimum Gasteiger partial charge on any atom is -0.491 e. The van der Waals surface area contributed by atoms with Gasteiger partial charge in [-0.3, -0.25) is 4.79 Å². The van der Waals surface area contributed by atoms with E-state index in [1.807, 2.05) is 99.3 Å². The van der Waals surface area contributed by atoms with Crippen molar-refractivity contribution in [3.8, 4) is 5.75 Å². The molecule has 0 saturated heterocycles. The average molecular weight is 472 g/mol. The molecule has 0 aliphatic carbocycles. The third-order valence-corrected chi connectivity index (χ3v) is 6.14. The average Bonchev–Trinajstić information content (AvgIpc) is 3.06. The van der Waals surface area contributed by atoms with Gasteiger partial charge in [0.2, 0.25) is 5.91 Å². The Morgan fingerprint density at radius 2 is 1.63 bits per heavy atom. The van der Waals surface area contributed by atoms with Crippen LogP contribution in [-0.2, 0) is 17.9 Å². The molecule has 0 saturated carbocycles. The second kappa shape index (κ2) is 10.6. The van der Waals surface area contributed by atoms with Gasteiger partial charge < -0.3 is 19.9 Å². The first-order valence-corrected chi connectivity index (χ1v) is 12.1. The number of fused-ring (bicyclic) bond motifs is 1. The quantitative estimate of drug-likeness (QED) is 0.502. The highest BCUT2D eigenvalue weighted by molar-refractivity contribution is 5.94. The van der Waals surface area contributed by atoms with Gasteiger partial charge >= 0.3 is 6.03 Å². The maximum absolute atomic E-state index is 13.1. The molecule has 3 aromatic rings. The Kier molecular flexibility index (Phi) is 7.39. The number of nitrogens with zero attached hydrogens (tertiary/aromatic N) is 2. The molecule has 0 radical (unpaired) electrons. The zero-order valence-corrected chi connectivity index (χ0v) is 20.9. The number of carbonyl (C=O) groups excluding carboxylic acids is 2. The molecule has 1 heterocycles. The number of carbonyl (C=O) groups is 2. The van der Waals surface area contributed by atoms with E-state index in [1.165, 1.54) is 0 Å². The van der Waals surface area contributed by atoms with Gasteiger partial charge in [0, 0.05) is 22.9 Å². The van der Waals surface area contributed by atoms with Crippen molar-refractivity contribution in [3.05, 3.63) is 89.0 Å². The van der Waals surface area contributed by atoms with Crippen LogP contribution in [0.1, 0.15) is 36.1 Å². The standard InChI is InChI=1S/C29H33N3O3/c1-20(2)28(33)32(26-12-7-22(4)8-13-26)18-23-9-14-27-24(17-23)19-31(15-16-35-27)29(34)30-25-10-5-21(3)6-11-25/h5-14,17,20H,15-16,18-19H2,1-4H3,(H,30,34). The summed E-state index contributed by atoms with van der Waals surface area (Å²) in [7, 11) is 0. The molecule has 0 aromatic heterocycles. The normalized spacial score (nSPS) is 13.0. The summed E-state index contributed by atoms with van der Waals surface area (Å²) < 4.78 is 5.94. The van der Waals surface area contributed by atoms with E-state index in [4.69, 9.17) is 4.74 Å². The molecule has 3 amide bonds. The number of ether oxygens (including phenoxy) is 1. The van der Waals surface area contributed by atoms with Crippen molar-refractivity contribution < 1.29 is 14.3 Å². The van der Waals surface area contributed by atoms with Crippen LogP contribution in [0.3, 0.4) is 0 Å². The van der Waals surface area contributed by atoms with Gasteiger partial charge in [0.1, 0.15) is 12.4 Å². The molecule has 0 spiro atoms. The highest BCUT2D eigenvalue weighted by Crippen LogP contribution is 2.27. The fourth-order valence-electron chi connectivity index (χ4n) is 4.07. The minimum atomic E-state index is -0.160. The zero-order valence-electron chi connectivity index (χ0n) is 20.9. The lowest BCUT2D eigenvalue weighted by atomic mass is 10.1. The molecule has 0 fully saturated rings. The van der Waals surface area contributed by atoms with Gasteiger partial charge in [-0.15, -0.1) is 0 Å². The first kappa shape index (κ1) is 24.3. The Morgan fingerprint density at radius 3 is 2.29 bits per heavy atom. The predicted molar refractivity (Wildman–Crippen MR) is 140 cm³/mol. The molecule has 182 valence electrons. The number of anilines is 2. The highest BCUT2D eigenvalue weighted by atomic mass is 16.5. The molecule has 0 atom stereocenters. The molecular weight excluding hydrogens is 438 g/mol. The lowest BCUT2D eigenvalue weighted by Crippen LogP contribution is -2.36. The molecule has 1 aliphatic rings. The number of aryl methyl sites for hydroxylation is 2. The van der Waals surface area contributed by atoms with Crippen LogP contribution in [0, 0.1) is 19.8 Å². The summed E-state index contributed by atoms with van der Waals surface area (Å²) in [6.45, 7) is 9.68. The van der Waals surface area contributed by atoms with Gasteiger partial charge in [-0.25, -0.2) is 4.79 Å². The molecule has 1 N–H and O–H groups in total. The lowest BCUT2D eigenvalue weighted by molar-refractivity contribution is -0.121. The van der Waals surface area contributed by atoms with E-state index in [1.54, 1.807) is 4.90 Å². The van der Waals surface area contributed by atoms with Crippen molar-refractivity contribution in [3.63, 3.8) is 0 Å². The maximum atomic E-state index is 13.1. The molecule has 6 nitrogen and oxygen atoms in total. The molecule has 1 aliphatic heterocycles. The summed E-state index contributed by atoms with van der Waals surface area (Å²) in [4.78, 5) is 29.6. The van der Waals surface area contributed by atoms with Gasteiger partial charge in [0.05, 0.1) is 19.6 Å². The van der Waals surface area contributed by atoms with Crippen LogP contribution in [0.5, 0.6) is 5.75 Å². The van der Waals surface area contributed by atoms with Crippen molar-refractivity contribution in [1.82, 2.24) is 4.90 Å². The number of rotatable bonds is 5. The van der Waals surface area contributed by atoms with Crippen LogP contribution < -0.4 is 15.0 Å². The van der Waals surface area contributed by atoms with Crippen molar-refractivity contribution >= 4 is 23.3 Å². The third kappa shape index (κ3) is 6.01. The summed E-state index contributed by atoms with van der Waals surface area (Å²) in [5, 5.41) is 2.98. The Labute approximate surface area is 207 Å². The predicted octanol–water partition coefficient (Wildman–Crippen LogP) is 5.92. The SMILES string of the molecule is Cc1ccc(NC(=O)N2CCOc3ccc(CN(C(=O)C(C)C)c4ccc(C)cc4)cc3C2)cc1. The van der Waals surface area contributed by atoms with E-state index in [0.717, 1.165) is 39.4 Å². The number of urea groups is 1. The molecular formula is C29H33N3O3. The molecule has 6 heteroatoms. The maximum Gasteiger partial charge on any atom is 0.322 e. The first-order chi connectivity index (χ1) is 16.8. The van der Waals surface area contributed by atoms with Crippen molar-refractivity contribution in [2.45, 2.75) is 40.8 Å². The number of nitrogens with one attached hydrogen (secondary N) is 1. The van der Waals surface area contributed by atoms with E-state index in [2.05, 4.69) is 5.32 Å². The smallest absolute Gasteiger partial charge is 0.322 e. The summed E-state index contributed by atoms with van der Waals surface area (Å²) in [5.74, 6) is 0.719. The van der Waals surface area contributed by atoms with Crippen LogP contribution in [0.4, 0.5) is 16.2 Å². The van der Waals surface area contributed by atoms with Crippen molar-refractivity contribution in [1.29, 1.82) is 0 Å². The Balaban J connectivity index is 1.54. The minimum absolute atomic E-state index is 0.0687. The van der Waals surface area contributed by atoms with Crippen LogP contribution in [0.2, 0.25) is 0 Å².